The summed E-state index contributed by atoms with van der Waals surface area (Å²) in [6.45, 7) is 2.20. The van der Waals surface area contributed by atoms with Crippen LogP contribution in [0, 0.1) is 0 Å². The van der Waals surface area contributed by atoms with Crippen LogP contribution in [0.2, 0.25) is 0 Å². The quantitative estimate of drug-likeness (QED) is 0.817. The predicted molar refractivity (Wildman–Crippen MR) is 111 cm³/mol. The molecule has 142 valence electrons. The summed E-state index contributed by atoms with van der Waals surface area (Å²) < 4.78 is 0. The molecule has 6 heteroatoms. The molecule has 0 saturated carbocycles. The van der Waals surface area contributed by atoms with Crippen LogP contribution in [0.3, 0.4) is 0 Å². The average molecular weight is 396 g/mol. The number of fused-ring (bicyclic) bond motifs is 1. The first-order valence-electron chi connectivity index (χ1n) is 8.43. The highest BCUT2D eigenvalue weighted by Gasteiger charge is 2.23. The molecule has 1 atom stereocenters. The predicted octanol–water partition coefficient (Wildman–Crippen LogP) is 2.92. The Kier molecular flexibility index (Phi) is 9.09. The van der Waals surface area contributed by atoms with Gasteiger partial charge in [-0.2, -0.15) is 0 Å². The minimum Gasteiger partial charge on any atom is -0.351 e. The Bertz CT molecular complexity index is 722. The topological polar surface area (TPSA) is 44.4 Å². The number of hydrogen-bond acceptors (Lipinski definition) is 3. The van der Waals surface area contributed by atoms with Crippen molar-refractivity contribution in [2.75, 3.05) is 14.1 Å². The summed E-state index contributed by atoms with van der Waals surface area (Å²) >= 11 is 0. The number of carbonyl (C=O) groups is 1. The zero-order valence-electron chi connectivity index (χ0n) is 15.2. The van der Waals surface area contributed by atoms with Gasteiger partial charge < -0.3 is 15.5 Å². The number of halogens is 2. The van der Waals surface area contributed by atoms with Gasteiger partial charge in [0.1, 0.15) is 0 Å². The van der Waals surface area contributed by atoms with Crippen LogP contribution < -0.4 is 10.6 Å². The number of benzene rings is 2. The Balaban J connectivity index is 0.00000169. The zero-order valence-corrected chi connectivity index (χ0v) is 16.8. The highest BCUT2D eigenvalue weighted by atomic mass is 35.5. The SMILES string of the molecule is CN(C)Cc1ccccc1CNC(=O)C1Cc2ccccc2CN1.Cl.Cl. The molecule has 2 aromatic carbocycles. The van der Waals surface area contributed by atoms with Crippen molar-refractivity contribution in [3.8, 4) is 0 Å². The maximum atomic E-state index is 12.5. The van der Waals surface area contributed by atoms with Crippen molar-refractivity contribution in [1.82, 2.24) is 15.5 Å². The van der Waals surface area contributed by atoms with Crippen molar-refractivity contribution in [1.29, 1.82) is 0 Å². The third-order valence-electron chi connectivity index (χ3n) is 4.46. The Morgan fingerprint density at radius 1 is 1.04 bits per heavy atom. The van der Waals surface area contributed by atoms with Crippen LogP contribution in [0.25, 0.3) is 0 Å². The molecular formula is C20H27Cl2N3O. The first-order chi connectivity index (χ1) is 11.6. The number of nitrogens with one attached hydrogen (secondary N) is 2. The molecule has 2 aromatic rings. The molecule has 3 rings (SSSR count). The lowest BCUT2D eigenvalue weighted by Gasteiger charge is -2.25. The second-order valence-electron chi connectivity index (χ2n) is 6.63. The van der Waals surface area contributed by atoms with Crippen molar-refractivity contribution < 1.29 is 4.79 Å². The van der Waals surface area contributed by atoms with Crippen molar-refractivity contribution in [2.24, 2.45) is 0 Å². The molecule has 0 fully saturated rings. The standard InChI is InChI=1S/C20H25N3O.2ClH/c1-23(2)14-18-10-6-5-9-17(18)13-22-20(24)19-11-15-7-3-4-8-16(15)12-21-19;;/h3-10,19,21H,11-14H2,1-2H3,(H,22,24);2*1H. The molecule has 2 N–H and O–H groups in total. The lowest BCUT2D eigenvalue weighted by molar-refractivity contribution is -0.123. The summed E-state index contributed by atoms with van der Waals surface area (Å²) in [5.74, 6) is 0.0733. The molecule has 0 spiro atoms. The summed E-state index contributed by atoms with van der Waals surface area (Å²) in [7, 11) is 4.11. The number of nitrogens with zero attached hydrogens (tertiary/aromatic N) is 1. The molecule has 26 heavy (non-hydrogen) atoms. The van der Waals surface area contributed by atoms with Crippen molar-refractivity contribution >= 4 is 30.7 Å². The van der Waals surface area contributed by atoms with E-state index in [-0.39, 0.29) is 36.8 Å². The maximum Gasteiger partial charge on any atom is 0.237 e. The molecule has 0 aromatic heterocycles. The third-order valence-corrected chi connectivity index (χ3v) is 4.46. The number of carbonyl (C=O) groups excluding carboxylic acids is 1. The van der Waals surface area contributed by atoms with Crippen LogP contribution in [0.4, 0.5) is 0 Å². The molecule has 0 bridgehead atoms. The molecule has 1 aliphatic rings. The lowest BCUT2D eigenvalue weighted by Crippen LogP contribution is -2.47. The third kappa shape index (κ3) is 5.71. The fourth-order valence-electron chi connectivity index (χ4n) is 3.17. The van der Waals surface area contributed by atoms with E-state index in [1.165, 1.54) is 22.3 Å². The summed E-state index contributed by atoms with van der Waals surface area (Å²) in [5.41, 5.74) is 4.99. The molecule has 1 unspecified atom stereocenters. The van der Waals surface area contributed by atoms with E-state index < -0.39 is 0 Å². The highest BCUT2D eigenvalue weighted by molar-refractivity contribution is 5.85. The van der Waals surface area contributed by atoms with Gasteiger partial charge in [-0.1, -0.05) is 48.5 Å². The highest BCUT2D eigenvalue weighted by Crippen LogP contribution is 2.16. The minimum absolute atomic E-state index is 0. The largest absolute Gasteiger partial charge is 0.351 e. The van der Waals surface area contributed by atoms with Gasteiger partial charge in [0.15, 0.2) is 0 Å². The first-order valence-corrected chi connectivity index (χ1v) is 8.43. The first kappa shape index (κ1) is 22.5. The van der Waals surface area contributed by atoms with Crippen LogP contribution in [-0.4, -0.2) is 30.9 Å². The molecule has 0 aliphatic carbocycles. The Morgan fingerprint density at radius 2 is 1.65 bits per heavy atom. The Hall–Kier alpha value is -1.59. The van der Waals surface area contributed by atoms with Gasteiger partial charge >= 0.3 is 0 Å². The van der Waals surface area contributed by atoms with Crippen molar-refractivity contribution in [3.63, 3.8) is 0 Å². The molecule has 1 heterocycles. The molecular weight excluding hydrogens is 369 g/mol. The fourth-order valence-corrected chi connectivity index (χ4v) is 3.17. The van der Waals surface area contributed by atoms with E-state index in [1.807, 2.05) is 24.3 Å². The Labute approximate surface area is 168 Å². The van der Waals surface area contributed by atoms with E-state index >= 15 is 0 Å². The molecule has 1 amide bonds. The number of hydrogen-bond donors (Lipinski definition) is 2. The van der Waals surface area contributed by atoms with Gasteiger partial charge in [-0.05, 0) is 42.8 Å². The van der Waals surface area contributed by atoms with Crippen LogP contribution in [0.15, 0.2) is 48.5 Å². The fraction of sp³-hybridized carbons (Fsp3) is 0.350. The normalized spacial score (nSPS) is 15.4. The monoisotopic (exact) mass is 395 g/mol. The van der Waals surface area contributed by atoms with Gasteiger partial charge in [0.05, 0.1) is 6.04 Å². The summed E-state index contributed by atoms with van der Waals surface area (Å²) in [4.78, 5) is 14.7. The second kappa shape index (κ2) is 10.5. The van der Waals surface area contributed by atoms with Gasteiger partial charge in [-0.15, -0.1) is 24.8 Å². The summed E-state index contributed by atoms with van der Waals surface area (Å²) in [6.07, 6.45) is 0.751. The van der Waals surface area contributed by atoms with Crippen LogP contribution in [0.1, 0.15) is 22.3 Å². The Morgan fingerprint density at radius 3 is 2.35 bits per heavy atom. The van der Waals surface area contributed by atoms with Gasteiger partial charge in [-0.25, -0.2) is 0 Å². The number of rotatable bonds is 5. The van der Waals surface area contributed by atoms with Gasteiger partial charge in [-0.3, -0.25) is 4.79 Å². The zero-order chi connectivity index (χ0) is 16.9. The van der Waals surface area contributed by atoms with E-state index in [1.54, 1.807) is 0 Å². The van der Waals surface area contributed by atoms with Crippen molar-refractivity contribution in [3.05, 3.63) is 70.8 Å². The van der Waals surface area contributed by atoms with Gasteiger partial charge in [0.2, 0.25) is 5.91 Å². The van der Waals surface area contributed by atoms with Crippen LogP contribution in [0.5, 0.6) is 0 Å². The van der Waals surface area contributed by atoms with E-state index in [0.717, 1.165) is 19.5 Å². The van der Waals surface area contributed by atoms with Crippen LogP contribution >= 0.6 is 24.8 Å². The van der Waals surface area contributed by atoms with Gasteiger partial charge in [0.25, 0.3) is 0 Å². The van der Waals surface area contributed by atoms with E-state index in [4.69, 9.17) is 0 Å². The summed E-state index contributed by atoms with van der Waals surface area (Å²) in [6, 6.07) is 16.4. The minimum atomic E-state index is -0.152. The van der Waals surface area contributed by atoms with E-state index in [0.29, 0.717) is 6.54 Å². The van der Waals surface area contributed by atoms with Gasteiger partial charge in [0, 0.05) is 19.6 Å². The van der Waals surface area contributed by atoms with Crippen molar-refractivity contribution in [2.45, 2.75) is 32.1 Å². The lowest BCUT2D eigenvalue weighted by atomic mass is 9.95. The average Bonchev–Trinajstić information content (AvgIpc) is 2.60. The maximum absolute atomic E-state index is 12.5. The smallest absolute Gasteiger partial charge is 0.237 e. The van der Waals surface area contributed by atoms with E-state index in [9.17, 15) is 4.79 Å². The number of amides is 1. The molecule has 0 saturated heterocycles. The molecule has 0 radical (unpaired) electrons. The van der Waals surface area contributed by atoms with E-state index in [2.05, 4.69) is 53.9 Å². The molecule has 4 nitrogen and oxygen atoms in total. The van der Waals surface area contributed by atoms with Crippen LogP contribution in [-0.2, 0) is 30.8 Å². The molecule has 1 aliphatic heterocycles. The summed E-state index contributed by atoms with van der Waals surface area (Å²) in [5, 5.41) is 6.43. The second-order valence-corrected chi connectivity index (χ2v) is 6.63.